The molecule has 0 amide bonds. The van der Waals surface area contributed by atoms with Crippen molar-refractivity contribution >= 4 is 0 Å². The molecule has 1 atom stereocenters. The first-order valence-electron chi connectivity index (χ1n) is 8.60. The van der Waals surface area contributed by atoms with E-state index in [0.717, 1.165) is 49.8 Å². The Kier molecular flexibility index (Phi) is 4.63. The summed E-state index contributed by atoms with van der Waals surface area (Å²) >= 11 is 0. The predicted octanol–water partition coefficient (Wildman–Crippen LogP) is 2.75. The van der Waals surface area contributed by atoms with E-state index in [4.69, 9.17) is 9.26 Å². The maximum atomic E-state index is 5.88. The maximum Gasteiger partial charge on any atom is 0.151 e. The molecule has 0 bridgehead atoms. The van der Waals surface area contributed by atoms with Crippen LogP contribution in [-0.2, 0) is 17.8 Å². The van der Waals surface area contributed by atoms with Gasteiger partial charge in [-0.05, 0) is 12.5 Å². The van der Waals surface area contributed by atoms with Crippen molar-refractivity contribution in [3.05, 3.63) is 60.1 Å². The summed E-state index contributed by atoms with van der Waals surface area (Å²) < 4.78 is 13.4. The number of aryl methyl sites for hydroxylation is 1. The molecule has 2 aromatic heterocycles. The summed E-state index contributed by atoms with van der Waals surface area (Å²) in [6.45, 7) is 6.06. The van der Waals surface area contributed by atoms with Crippen molar-refractivity contribution in [3.8, 4) is 11.3 Å². The summed E-state index contributed by atoms with van der Waals surface area (Å²) in [4.78, 5) is 2.35. The molecule has 0 radical (unpaired) electrons. The fourth-order valence-electron chi connectivity index (χ4n) is 3.16. The Hall–Kier alpha value is -2.44. The number of ether oxygens (including phenoxy) is 1. The van der Waals surface area contributed by atoms with Crippen LogP contribution in [0, 0.1) is 6.92 Å². The molecule has 1 fully saturated rings. The molecule has 130 valence electrons. The van der Waals surface area contributed by atoms with Gasteiger partial charge in [0.2, 0.25) is 0 Å². The quantitative estimate of drug-likeness (QED) is 0.716. The van der Waals surface area contributed by atoms with Crippen molar-refractivity contribution in [2.45, 2.75) is 26.1 Å². The zero-order valence-corrected chi connectivity index (χ0v) is 14.3. The molecular formula is C19H22N4O2. The van der Waals surface area contributed by atoms with Gasteiger partial charge in [-0.25, -0.2) is 0 Å². The predicted molar refractivity (Wildman–Crippen MR) is 93.9 cm³/mol. The van der Waals surface area contributed by atoms with Crippen molar-refractivity contribution < 1.29 is 9.26 Å². The van der Waals surface area contributed by atoms with E-state index in [0.29, 0.717) is 0 Å². The largest absolute Gasteiger partial charge is 0.374 e. The summed E-state index contributed by atoms with van der Waals surface area (Å²) in [7, 11) is 0. The van der Waals surface area contributed by atoms with E-state index in [-0.39, 0.29) is 6.10 Å². The highest BCUT2D eigenvalue weighted by Crippen LogP contribution is 2.20. The van der Waals surface area contributed by atoms with Crippen LogP contribution in [0.5, 0.6) is 0 Å². The van der Waals surface area contributed by atoms with Crippen molar-refractivity contribution in [2.24, 2.45) is 0 Å². The van der Waals surface area contributed by atoms with Crippen molar-refractivity contribution in [1.29, 1.82) is 0 Å². The Morgan fingerprint density at radius 1 is 1.24 bits per heavy atom. The zero-order chi connectivity index (χ0) is 17.1. The molecule has 3 heterocycles. The first kappa shape index (κ1) is 16.1. The summed E-state index contributed by atoms with van der Waals surface area (Å²) in [5, 5.41) is 8.54. The van der Waals surface area contributed by atoms with Crippen LogP contribution in [-0.4, -0.2) is 45.6 Å². The number of rotatable bonds is 5. The van der Waals surface area contributed by atoms with Crippen LogP contribution in [0.4, 0.5) is 0 Å². The molecular weight excluding hydrogens is 316 g/mol. The number of nitrogens with zero attached hydrogens (tertiary/aromatic N) is 4. The molecule has 0 N–H and O–H groups in total. The number of aromatic nitrogens is 3. The third-order valence-electron chi connectivity index (χ3n) is 4.38. The second kappa shape index (κ2) is 7.21. The lowest BCUT2D eigenvalue weighted by molar-refractivity contribution is -0.0422. The Balaban J connectivity index is 1.37. The van der Waals surface area contributed by atoms with Crippen LogP contribution < -0.4 is 0 Å². The monoisotopic (exact) mass is 338 g/mol. The smallest absolute Gasteiger partial charge is 0.151 e. The molecule has 1 aliphatic rings. The first-order chi connectivity index (χ1) is 12.3. The molecule has 1 aliphatic heterocycles. The van der Waals surface area contributed by atoms with Crippen LogP contribution >= 0.6 is 0 Å². The normalized spacial score (nSPS) is 18.5. The Bertz CT molecular complexity index is 812. The van der Waals surface area contributed by atoms with E-state index in [9.17, 15) is 0 Å². The van der Waals surface area contributed by atoms with Crippen molar-refractivity contribution in [3.63, 3.8) is 0 Å². The number of hydrogen-bond acceptors (Lipinski definition) is 5. The van der Waals surface area contributed by atoms with Crippen LogP contribution in [0.15, 0.2) is 53.3 Å². The average molecular weight is 338 g/mol. The molecule has 0 spiro atoms. The summed E-state index contributed by atoms with van der Waals surface area (Å²) in [6.07, 6.45) is 4.06. The minimum atomic E-state index is 0.143. The number of hydrogen-bond donors (Lipinski definition) is 0. The summed E-state index contributed by atoms with van der Waals surface area (Å²) in [6, 6.07) is 12.1. The molecule has 0 saturated carbocycles. The fourth-order valence-corrected chi connectivity index (χ4v) is 3.16. The molecule has 6 heteroatoms. The second-order valence-electron chi connectivity index (χ2n) is 6.51. The van der Waals surface area contributed by atoms with Gasteiger partial charge in [-0.2, -0.15) is 5.10 Å². The van der Waals surface area contributed by atoms with Gasteiger partial charge in [-0.3, -0.25) is 9.58 Å². The van der Waals surface area contributed by atoms with Crippen molar-refractivity contribution in [2.75, 3.05) is 19.7 Å². The van der Waals surface area contributed by atoms with Crippen LogP contribution in [0.2, 0.25) is 0 Å². The first-order valence-corrected chi connectivity index (χ1v) is 8.60. The lowest BCUT2D eigenvalue weighted by Crippen LogP contribution is -2.43. The van der Waals surface area contributed by atoms with Gasteiger partial charge in [0.15, 0.2) is 5.76 Å². The molecule has 1 saturated heterocycles. The Morgan fingerprint density at radius 2 is 2.12 bits per heavy atom. The van der Waals surface area contributed by atoms with Crippen molar-refractivity contribution in [1.82, 2.24) is 19.8 Å². The molecule has 1 aromatic carbocycles. The van der Waals surface area contributed by atoms with Gasteiger partial charge >= 0.3 is 0 Å². The third kappa shape index (κ3) is 3.97. The van der Waals surface area contributed by atoms with Crippen LogP contribution in [0.1, 0.15) is 11.3 Å². The van der Waals surface area contributed by atoms with E-state index in [2.05, 4.69) is 15.2 Å². The Morgan fingerprint density at radius 3 is 2.92 bits per heavy atom. The van der Waals surface area contributed by atoms with E-state index in [1.165, 1.54) is 5.56 Å². The highest BCUT2D eigenvalue weighted by Gasteiger charge is 2.22. The van der Waals surface area contributed by atoms with E-state index < -0.39 is 0 Å². The molecule has 0 unspecified atom stereocenters. The maximum absolute atomic E-state index is 5.88. The lowest BCUT2D eigenvalue weighted by atomic mass is 10.1. The molecule has 3 aromatic rings. The molecule has 6 nitrogen and oxygen atoms in total. The molecule has 4 rings (SSSR count). The van der Waals surface area contributed by atoms with Gasteiger partial charge in [0.1, 0.15) is 5.69 Å². The SMILES string of the molecule is Cc1cnn(C[C@H]2CN(Cc3cc(-c4ccccc4)no3)CCO2)c1. The average Bonchev–Trinajstić information content (AvgIpc) is 3.25. The van der Waals surface area contributed by atoms with Gasteiger partial charge in [0, 0.05) is 30.9 Å². The van der Waals surface area contributed by atoms with E-state index in [1.54, 1.807) is 0 Å². The van der Waals surface area contributed by atoms with Crippen LogP contribution in [0.3, 0.4) is 0 Å². The molecule has 25 heavy (non-hydrogen) atoms. The molecule has 0 aliphatic carbocycles. The number of benzene rings is 1. The van der Waals surface area contributed by atoms with Gasteiger partial charge in [0.05, 0.1) is 32.0 Å². The van der Waals surface area contributed by atoms with Crippen LogP contribution in [0.25, 0.3) is 11.3 Å². The highest BCUT2D eigenvalue weighted by atomic mass is 16.5. The lowest BCUT2D eigenvalue weighted by Gasteiger charge is -2.32. The zero-order valence-electron chi connectivity index (χ0n) is 14.3. The standard InChI is InChI=1S/C19H22N4O2/c1-15-10-20-23(11-15)14-18-13-22(7-8-24-18)12-17-9-19(21-25-17)16-5-3-2-4-6-16/h2-6,9-11,18H,7-8,12-14H2,1H3/t18-/m1/s1. The number of morpholine rings is 1. The van der Waals surface area contributed by atoms with E-state index in [1.807, 2.05) is 60.4 Å². The summed E-state index contributed by atoms with van der Waals surface area (Å²) in [5.41, 5.74) is 3.13. The van der Waals surface area contributed by atoms with E-state index >= 15 is 0 Å². The fraction of sp³-hybridized carbons (Fsp3) is 0.368. The minimum absolute atomic E-state index is 0.143. The van der Waals surface area contributed by atoms with Gasteiger partial charge in [-0.1, -0.05) is 35.5 Å². The minimum Gasteiger partial charge on any atom is -0.374 e. The summed E-state index contributed by atoms with van der Waals surface area (Å²) in [5.74, 6) is 0.884. The highest BCUT2D eigenvalue weighted by molar-refractivity contribution is 5.58. The van der Waals surface area contributed by atoms with Gasteiger partial charge in [-0.15, -0.1) is 0 Å². The topological polar surface area (TPSA) is 56.3 Å². The van der Waals surface area contributed by atoms with Gasteiger partial charge in [0.25, 0.3) is 0 Å². The third-order valence-corrected chi connectivity index (χ3v) is 4.38. The second-order valence-corrected chi connectivity index (χ2v) is 6.51. The van der Waals surface area contributed by atoms with Gasteiger partial charge < -0.3 is 9.26 Å². The Labute approximate surface area is 147 Å².